The Hall–Kier alpha value is -0.950. The highest BCUT2D eigenvalue weighted by Gasteiger charge is 2.41. The maximum atomic E-state index is 11.9. The van der Waals surface area contributed by atoms with Gasteiger partial charge in [0.2, 0.25) is 0 Å². The first-order valence-electron chi connectivity index (χ1n) is 11.0. The van der Waals surface area contributed by atoms with Gasteiger partial charge in [-0.25, -0.2) is 0 Å². The summed E-state index contributed by atoms with van der Waals surface area (Å²) in [5.41, 5.74) is 0. The molecule has 1 rings (SSSR count). The molecule has 1 fully saturated rings. The Morgan fingerprint density at radius 1 is 1.04 bits per heavy atom. The Balaban J connectivity index is 1.99. The molecule has 0 saturated carbocycles. The molecule has 0 aliphatic carbocycles. The van der Waals surface area contributed by atoms with Gasteiger partial charge in [0.1, 0.15) is 18.3 Å². The van der Waals surface area contributed by atoms with Crippen LogP contribution in [0.3, 0.4) is 0 Å². The second-order valence-corrected chi connectivity index (χ2v) is 7.69. The van der Waals surface area contributed by atoms with Crippen molar-refractivity contribution in [3.63, 3.8) is 0 Å². The molecule has 4 atom stereocenters. The van der Waals surface area contributed by atoms with E-state index in [4.69, 9.17) is 9.47 Å². The normalized spacial score (nSPS) is 23.4. The topological polar surface area (TPSA) is 96.2 Å². The van der Waals surface area contributed by atoms with Crippen LogP contribution in [0.1, 0.15) is 84.0 Å². The summed E-state index contributed by atoms with van der Waals surface area (Å²) in [4.78, 5) is 11.9. The fraction of sp³-hybridized carbons (Fsp3) is 0.864. The molecule has 164 valence electrons. The predicted octanol–water partition coefficient (Wildman–Crippen LogP) is 3.27. The van der Waals surface area contributed by atoms with Gasteiger partial charge in [-0.05, 0) is 32.1 Å². The van der Waals surface area contributed by atoms with E-state index in [1.54, 1.807) is 0 Å². The van der Waals surface area contributed by atoms with Gasteiger partial charge in [-0.15, -0.1) is 0 Å². The number of unbranched alkanes of at least 4 members (excludes halogenated alkanes) is 9. The molecule has 28 heavy (non-hydrogen) atoms. The van der Waals surface area contributed by atoms with Gasteiger partial charge >= 0.3 is 5.97 Å². The first-order valence-corrected chi connectivity index (χ1v) is 11.0. The molecule has 3 N–H and O–H groups in total. The third kappa shape index (κ3) is 10.6. The molecule has 0 aromatic heterocycles. The van der Waals surface area contributed by atoms with E-state index in [1.807, 2.05) is 0 Å². The average molecular weight is 401 g/mol. The summed E-state index contributed by atoms with van der Waals surface area (Å²) in [7, 11) is 0. The molecule has 0 aromatic rings. The fourth-order valence-electron chi connectivity index (χ4n) is 3.38. The van der Waals surface area contributed by atoms with E-state index >= 15 is 0 Å². The second-order valence-electron chi connectivity index (χ2n) is 7.69. The highest BCUT2D eigenvalue weighted by molar-refractivity contribution is 5.69. The van der Waals surface area contributed by atoms with Crippen LogP contribution in [0.4, 0.5) is 0 Å². The van der Waals surface area contributed by atoms with Crippen molar-refractivity contribution in [3.8, 4) is 0 Å². The SMILES string of the molecule is CCCCCCC=CCCCCCCCC(=O)O[C@H](CO)[C@H]1OC[C@H](O)[C@H]1O. The van der Waals surface area contributed by atoms with Gasteiger partial charge in [0.05, 0.1) is 13.2 Å². The number of hydrogen-bond donors (Lipinski definition) is 3. The Morgan fingerprint density at radius 3 is 2.21 bits per heavy atom. The van der Waals surface area contributed by atoms with Crippen LogP contribution in [0.25, 0.3) is 0 Å². The van der Waals surface area contributed by atoms with Crippen molar-refractivity contribution < 1.29 is 29.6 Å². The number of carbonyl (C=O) groups excluding carboxylic acids is 1. The fourth-order valence-corrected chi connectivity index (χ4v) is 3.38. The molecule has 6 heteroatoms. The molecule has 0 spiro atoms. The quantitative estimate of drug-likeness (QED) is 0.209. The van der Waals surface area contributed by atoms with Gasteiger partial charge in [-0.3, -0.25) is 4.79 Å². The average Bonchev–Trinajstić information content (AvgIpc) is 3.02. The zero-order chi connectivity index (χ0) is 20.6. The third-order valence-electron chi connectivity index (χ3n) is 5.16. The summed E-state index contributed by atoms with van der Waals surface area (Å²) in [6.45, 7) is 1.77. The summed E-state index contributed by atoms with van der Waals surface area (Å²) < 4.78 is 10.4. The van der Waals surface area contributed by atoms with Crippen LogP contribution < -0.4 is 0 Å². The number of rotatable bonds is 16. The van der Waals surface area contributed by atoms with Crippen molar-refractivity contribution in [2.24, 2.45) is 0 Å². The number of carbonyl (C=O) groups is 1. The number of allylic oxidation sites excluding steroid dienone is 2. The molecule has 0 unspecified atom stereocenters. The summed E-state index contributed by atoms with van der Waals surface area (Å²) >= 11 is 0. The Kier molecular flexibility index (Phi) is 14.3. The monoisotopic (exact) mass is 400 g/mol. The van der Waals surface area contributed by atoms with Crippen molar-refractivity contribution in [3.05, 3.63) is 12.2 Å². The van der Waals surface area contributed by atoms with Crippen LogP contribution in [0, 0.1) is 0 Å². The molecule has 0 radical (unpaired) electrons. The van der Waals surface area contributed by atoms with Crippen LogP contribution in [0.2, 0.25) is 0 Å². The minimum absolute atomic E-state index is 0.0199. The lowest BCUT2D eigenvalue weighted by atomic mass is 10.1. The zero-order valence-corrected chi connectivity index (χ0v) is 17.4. The van der Waals surface area contributed by atoms with Gasteiger partial charge in [0.25, 0.3) is 0 Å². The lowest BCUT2D eigenvalue weighted by Gasteiger charge is -2.24. The molecular weight excluding hydrogens is 360 g/mol. The van der Waals surface area contributed by atoms with Gasteiger partial charge in [-0.1, -0.05) is 57.6 Å². The first kappa shape index (κ1) is 25.1. The number of ether oxygens (including phenoxy) is 2. The van der Waals surface area contributed by atoms with E-state index in [2.05, 4.69) is 19.1 Å². The lowest BCUT2D eigenvalue weighted by Crippen LogP contribution is -2.43. The van der Waals surface area contributed by atoms with Crippen LogP contribution in [0.15, 0.2) is 12.2 Å². The lowest BCUT2D eigenvalue weighted by molar-refractivity contribution is -0.162. The number of aliphatic hydroxyl groups excluding tert-OH is 3. The number of hydrogen-bond acceptors (Lipinski definition) is 6. The highest BCUT2D eigenvalue weighted by Crippen LogP contribution is 2.20. The van der Waals surface area contributed by atoms with Gasteiger partial charge in [0.15, 0.2) is 6.10 Å². The van der Waals surface area contributed by atoms with Crippen LogP contribution in [-0.2, 0) is 14.3 Å². The van der Waals surface area contributed by atoms with Gasteiger partial charge < -0.3 is 24.8 Å². The minimum atomic E-state index is -1.14. The summed E-state index contributed by atoms with van der Waals surface area (Å²) in [6.07, 6.45) is 13.6. The van der Waals surface area contributed by atoms with E-state index in [1.165, 1.54) is 38.5 Å². The largest absolute Gasteiger partial charge is 0.457 e. The Morgan fingerprint density at radius 2 is 1.64 bits per heavy atom. The number of esters is 1. The number of aliphatic hydroxyl groups is 3. The molecule has 1 aliphatic heterocycles. The van der Waals surface area contributed by atoms with Crippen molar-refractivity contribution >= 4 is 5.97 Å². The van der Waals surface area contributed by atoms with Gasteiger partial charge in [0, 0.05) is 6.42 Å². The maximum absolute atomic E-state index is 11.9. The maximum Gasteiger partial charge on any atom is 0.306 e. The van der Waals surface area contributed by atoms with Crippen molar-refractivity contribution in [1.82, 2.24) is 0 Å². The molecule has 1 saturated heterocycles. The Labute approximate surface area is 169 Å². The van der Waals surface area contributed by atoms with E-state index < -0.39 is 37.0 Å². The third-order valence-corrected chi connectivity index (χ3v) is 5.16. The standard InChI is InChI=1S/C22H40O6/c1-2-3-4-5-6-7-8-9-10-11-12-13-14-15-20(25)28-19(16-23)22-21(26)18(24)17-27-22/h7-8,18-19,21-24,26H,2-6,9-17H2,1H3/t18-,19+,21+,22+/m0/s1. The van der Waals surface area contributed by atoms with Gasteiger partial charge in [-0.2, -0.15) is 0 Å². The minimum Gasteiger partial charge on any atom is -0.457 e. The molecular formula is C22H40O6. The molecule has 6 nitrogen and oxygen atoms in total. The van der Waals surface area contributed by atoms with Crippen LogP contribution >= 0.6 is 0 Å². The zero-order valence-electron chi connectivity index (χ0n) is 17.4. The first-order chi connectivity index (χ1) is 13.6. The summed E-state index contributed by atoms with van der Waals surface area (Å²) in [6, 6.07) is 0. The second kappa shape index (κ2) is 15.9. The van der Waals surface area contributed by atoms with E-state index in [-0.39, 0.29) is 6.61 Å². The Bertz CT molecular complexity index is 425. The molecule has 0 bridgehead atoms. The van der Waals surface area contributed by atoms with E-state index in [9.17, 15) is 20.1 Å². The van der Waals surface area contributed by atoms with Crippen molar-refractivity contribution in [2.45, 2.75) is 108 Å². The molecule has 1 aliphatic rings. The smallest absolute Gasteiger partial charge is 0.306 e. The van der Waals surface area contributed by atoms with E-state index in [0.29, 0.717) is 6.42 Å². The van der Waals surface area contributed by atoms with E-state index in [0.717, 1.165) is 32.1 Å². The molecule has 0 aromatic carbocycles. The predicted molar refractivity (Wildman–Crippen MR) is 109 cm³/mol. The van der Waals surface area contributed by atoms with Crippen LogP contribution in [0.5, 0.6) is 0 Å². The molecule has 1 heterocycles. The van der Waals surface area contributed by atoms with Crippen molar-refractivity contribution in [2.75, 3.05) is 13.2 Å². The van der Waals surface area contributed by atoms with Crippen LogP contribution in [-0.4, -0.2) is 58.9 Å². The summed E-state index contributed by atoms with van der Waals surface area (Å²) in [5, 5.41) is 28.6. The van der Waals surface area contributed by atoms with Crippen molar-refractivity contribution in [1.29, 1.82) is 0 Å². The molecule has 0 amide bonds. The summed E-state index contributed by atoms with van der Waals surface area (Å²) in [5.74, 6) is -0.401. The highest BCUT2D eigenvalue weighted by atomic mass is 16.6.